The second kappa shape index (κ2) is 4.52. The molecule has 2 aliphatic rings. The van der Waals surface area contributed by atoms with Crippen LogP contribution in [0.3, 0.4) is 0 Å². The zero-order valence-electron chi connectivity index (χ0n) is 11.3. The molecule has 2 aliphatic carbocycles. The molecule has 0 heterocycles. The lowest BCUT2D eigenvalue weighted by molar-refractivity contribution is 0.392. The van der Waals surface area contributed by atoms with Crippen LogP contribution in [-0.4, -0.2) is 0 Å². The molecule has 0 aromatic heterocycles. The Morgan fingerprint density at radius 1 is 0.579 bits per heavy atom. The number of benzene rings is 2. The van der Waals surface area contributed by atoms with Crippen LogP contribution < -0.4 is 0 Å². The Labute approximate surface area is 115 Å². The lowest BCUT2D eigenvalue weighted by Crippen LogP contribution is -2.09. The van der Waals surface area contributed by atoms with Gasteiger partial charge in [-0.2, -0.15) is 0 Å². The van der Waals surface area contributed by atoms with Crippen LogP contribution in [0.4, 0.5) is 0 Å². The maximum absolute atomic E-state index is 2.32. The molecule has 2 aromatic rings. The normalized spacial score (nSPS) is 18.5. The second-order valence-electron chi connectivity index (χ2n) is 6.32. The average Bonchev–Trinajstić information content (AvgIpc) is 3.00. The molecule has 0 nitrogen and oxygen atoms in total. The number of hydrogen-bond donors (Lipinski definition) is 0. The van der Waals surface area contributed by atoms with Gasteiger partial charge in [0.1, 0.15) is 0 Å². The van der Waals surface area contributed by atoms with Gasteiger partial charge in [0, 0.05) is 0 Å². The first kappa shape index (κ1) is 11.3. The summed E-state index contributed by atoms with van der Waals surface area (Å²) in [6.45, 7) is 0. The number of rotatable bonds is 2. The van der Waals surface area contributed by atoms with Gasteiger partial charge >= 0.3 is 0 Å². The van der Waals surface area contributed by atoms with Crippen LogP contribution >= 0.6 is 0 Å². The highest BCUT2D eigenvalue weighted by Gasteiger charge is 2.27. The van der Waals surface area contributed by atoms with E-state index in [4.69, 9.17) is 0 Å². The van der Waals surface area contributed by atoms with Crippen molar-refractivity contribution >= 4 is 0 Å². The van der Waals surface area contributed by atoms with Crippen LogP contribution in [0.15, 0.2) is 48.5 Å². The molecule has 0 fully saturated rings. The Morgan fingerprint density at radius 2 is 0.895 bits per heavy atom. The SMILES string of the molecule is c1ccc2c(c1)CC(CC1Cc3ccccc3C1)C2. The molecule has 4 rings (SSSR count). The van der Waals surface area contributed by atoms with Gasteiger partial charge in [0.15, 0.2) is 0 Å². The minimum atomic E-state index is 0.886. The van der Waals surface area contributed by atoms with E-state index in [1.807, 2.05) is 0 Å². The minimum Gasteiger partial charge on any atom is -0.0620 e. The van der Waals surface area contributed by atoms with Crippen molar-refractivity contribution in [2.75, 3.05) is 0 Å². The van der Waals surface area contributed by atoms with Gasteiger partial charge in [0.25, 0.3) is 0 Å². The average molecular weight is 248 g/mol. The van der Waals surface area contributed by atoms with E-state index in [0.717, 1.165) is 11.8 Å². The first-order valence-corrected chi connectivity index (χ1v) is 7.52. The smallest absolute Gasteiger partial charge is 0.0244 e. The van der Waals surface area contributed by atoms with Gasteiger partial charge in [-0.15, -0.1) is 0 Å². The monoisotopic (exact) mass is 248 g/mol. The Morgan fingerprint density at radius 3 is 1.21 bits per heavy atom. The summed E-state index contributed by atoms with van der Waals surface area (Å²) in [6, 6.07) is 18.0. The highest BCUT2D eigenvalue weighted by molar-refractivity contribution is 5.34. The van der Waals surface area contributed by atoms with E-state index in [1.165, 1.54) is 32.1 Å². The predicted molar refractivity (Wildman–Crippen MR) is 79.3 cm³/mol. The van der Waals surface area contributed by atoms with Crippen molar-refractivity contribution in [2.24, 2.45) is 11.8 Å². The predicted octanol–water partition coefficient (Wildman–Crippen LogP) is 4.21. The number of fused-ring (bicyclic) bond motifs is 2. The molecule has 0 aliphatic heterocycles. The first-order chi connectivity index (χ1) is 9.38. The molecule has 0 radical (unpaired) electrons. The molecule has 0 saturated carbocycles. The van der Waals surface area contributed by atoms with E-state index in [1.54, 1.807) is 22.3 Å². The van der Waals surface area contributed by atoms with Gasteiger partial charge in [-0.3, -0.25) is 0 Å². The van der Waals surface area contributed by atoms with Crippen molar-refractivity contribution in [1.82, 2.24) is 0 Å². The van der Waals surface area contributed by atoms with Crippen LogP contribution in [0.25, 0.3) is 0 Å². The van der Waals surface area contributed by atoms with Gasteiger partial charge < -0.3 is 0 Å². The lowest BCUT2D eigenvalue weighted by atomic mass is 9.90. The third kappa shape index (κ3) is 2.10. The summed E-state index contributed by atoms with van der Waals surface area (Å²) in [5, 5.41) is 0. The molecule has 96 valence electrons. The van der Waals surface area contributed by atoms with Crippen LogP contribution in [0.5, 0.6) is 0 Å². The van der Waals surface area contributed by atoms with Crippen molar-refractivity contribution in [3.8, 4) is 0 Å². The highest BCUT2D eigenvalue weighted by Crippen LogP contribution is 2.36. The van der Waals surface area contributed by atoms with Crippen LogP contribution in [-0.2, 0) is 25.7 Å². The minimum absolute atomic E-state index is 0.886. The molecule has 0 amide bonds. The Balaban J connectivity index is 1.43. The van der Waals surface area contributed by atoms with E-state index in [9.17, 15) is 0 Å². The summed E-state index contributed by atoms with van der Waals surface area (Å²) >= 11 is 0. The van der Waals surface area contributed by atoms with E-state index in [2.05, 4.69) is 48.5 Å². The largest absolute Gasteiger partial charge is 0.0620 e. The first-order valence-electron chi connectivity index (χ1n) is 7.52. The van der Waals surface area contributed by atoms with Crippen LogP contribution in [0.2, 0.25) is 0 Å². The molecule has 0 saturated heterocycles. The Kier molecular flexibility index (Phi) is 2.69. The summed E-state index contributed by atoms with van der Waals surface area (Å²) in [5.74, 6) is 1.77. The lowest BCUT2D eigenvalue weighted by Gasteiger charge is -2.14. The van der Waals surface area contributed by atoms with Gasteiger partial charge in [-0.1, -0.05) is 48.5 Å². The van der Waals surface area contributed by atoms with Gasteiger partial charge in [0.2, 0.25) is 0 Å². The molecule has 0 atom stereocenters. The van der Waals surface area contributed by atoms with Crippen molar-refractivity contribution in [3.05, 3.63) is 70.8 Å². The molecular formula is C19H20. The zero-order chi connectivity index (χ0) is 12.7. The zero-order valence-corrected chi connectivity index (χ0v) is 11.3. The fourth-order valence-corrected chi connectivity index (χ4v) is 4.10. The van der Waals surface area contributed by atoms with E-state index < -0.39 is 0 Å². The fraction of sp³-hybridized carbons (Fsp3) is 0.368. The molecule has 0 bridgehead atoms. The highest BCUT2D eigenvalue weighted by atomic mass is 14.3. The standard InChI is InChI=1S/C19H20/c1-2-6-17-11-14(10-16(17)5-1)9-15-12-18-7-3-4-8-19(18)13-15/h1-8,14-15H,9-13H2. The number of hydrogen-bond acceptors (Lipinski definition) is 0. The Bertz CT molecular complexity index is 493. The van der Waals surface area contributed by atoms with Crippen LogP contribution in [0.1, 0.15) is 28.7 Å². The molecule has 19 heavy (non-hydrogen) atoms. The third-order valence-electron chi connectivity index (χ3n) is 4.94. The maximum atomic E-state index is 2.32. The fourth-order valence-electron chi connectivity index (χ4n) is 4.10. The van der Waals surface area contributed by atoms with Crippen molar-refractivity contribution in [1.29, 1.82) is 0 Å². The molecule has 2 aromatic carbocycles. The summed E-state index contributed by atoms with van der Waals surface area (Å²) < 4.78 is 0. The molecule has 0 spiro atoms. The summed E-state index contributed by atoms with van der Waals surface area (Å²) in [6.07, 6.45) is 6.64. The topological polar surface area (TPSA) is 0 Å². The second-order valence-corrected chi connectivity index (χ2v) is 6.32. The quantitative estimate of drug-likeness (QED) is 0.747. The third-order valence-corrected chi connectivity index (χ3v) is 4.94. The van der Waals surface area contributed by atoms with Crippen LogP contribution in [0, 0.1) is 11.8 Å². The van der Waals surface area contributed by atoms with Crippen molar-refractivity contribution in [3.63, 3.8) is 0 Å². The molecular weight excluding hydrogens is 228 g/mol. The van der Waals surface area contributed by atoms with Gasteiger partial charge in [-0.05, 0) is 66.2 Å². The summed E-state index contributed by atoms with van der Waals surface area (Å²) in [5.41, 5.74) is 6.40. The van der Waals surface area contributed by atoms with Crippen molar-refractivity contribution < 1.29 is 0 Å². The molecule has 0 heteroatoms. The van der Waals surface area contributed by atoms with Gasteiger partial charge in [0.05, 0.1) is 0 Å². The summed E-state index contributed by atoms with van der Waals surface area (Å²) in [7, 11) is 0. The van der Waals surface area contributed by atoms with E-state index in [0.29, 0.717) is 0 Å². The summed E-state index contributed by atoms with van der Waals surface area (Å²) in [4.78, 5) is 0. The van der Waals surface area contributed by atoms with E-state index in [-0.39, 0.29) is 0 Å². The molecule has 0 N–H and O–H groups in total. The molecule has 0 unspecified atom stereocenters. The Hall–Kier alpha value is -1.56. The van der Waals surface area contributed by atoms with Crippen molar-refractivity contribution in [2.45, 2.75) is 32.1 Å². The van der Waals surface area contributed by atoms with Gasteiger partial charge in [-0.25, -0.2) is 0 Å². The maximum Gasteiger partial charge on any atom is -0.0244 e. The van der Waals surface area contributed by atoms with E-state index >= 15 is 0 Å².